The van der Waals surface area contributed by atoms with Crippen LogP contribution in [0.4, 0.5) is 0 Å². The third-order valence-corrected chi connectivity index (χ3v) is 2.29. The van der Waals surface area contributed by atoms with Gasteiger partial charge in [0.1, 0.15) is 17.3 Å². The topological polar surface area (TPSA) is 70.0 Å². The van der Waals surface area contributed by atoms with E-state index in [0.717, 1.165) is 0 Å². The monoisotopic (exact) mass is 234 g/mol. The van der Waals surface area contributed by atoms with Gasteiger partial charge in [-0.1, -0.05) is 12.1 Å². The molecule has 1 N–H and O–H groups in total. The lowest BCUT2D eigenvalue weighted by Gasteiger charge is -1.94. The predicted octanol–water partition coefficient (Wildman–Crippen LogP) is 2.86. The lowest BCUT2D eigenvalue weighted by molar-refractivity contribution is 0.417. The summed E-state index contributed by atoms with van der Waals surface area (Å²) >= 11 is 5.45. The fourth-order valence-corrected chi connectivity index (χ4v) is 1.42. The highest BCUT2D eigenvalue weighted by molar-refractivity contribution is 6.19. The van der Waals surface area contributed by atoms with E-state index in [1.807, 2.05) is 12.1 Å². The molecule has 0 saturated heterocycles. The van der Waals surface area contributed by atoms with Crippen LogP contribution in [0, 0.1) is 11.3 Å². The first kappa shape index (κ1) is 10.5. The molecule has 0 aliphatic carbocycles. The first-order valence-corrected chi connectivity index (χ1v) is 5.04. The summed E-state index contributed by atoms with van der Waals surface area (Å²) < 4.78 is 5.33. The second kappa shape index (κ2) is 4.25. The minimum Gasteiger partial charge on any atom is -0.509 e. The minimum absolute atomic E-state index is 0.0359. The second-order valence-corrected chi connectivity index (χ2v) is 3.32. The molecular formula is C11H7ClN2O2. The zero-order valence-electron chi connectivity index (χ0n) is 8.14. The Morgan fingerprint density at radius 1 is 1.50 bits per heavy atom. The number of nitriles is 1. The van der Waals surface area contributed by atoms with Crippen molar-refractivity contribution in [3.8, 4) is 6.07 Å². The van der Waals surface area contributed by atoms with Crippen molar-refractivity contribution in [2.45, 2.75) is 0 Å². The summed E-state index contributed by atoms with van der Waals surface area (Å²) in [5.74, 6) is -0.306. The van der Waals surface area contributed by atoms with Crippen molar-refractivity contribution in [2.75, 3.05) is 5.88 Å². The second-order valence-electron chi connectivity index (χ2n) is 3.05. The van der Waals surface area contributed by atoms with E-state index in [2.05, 4.69) is 4.98 Å². The number of alkyl halides is 1. The molecule has 0 spiro atoms. The molecule has 1 aromatic carbocycles. The summed E-state index contributed by atoms with van der Waals surface area (Å²) in [7, 11) is 0. The number of aliphatic hydroxyl groups excluding tert-OH is 1. The third kappa shape index (κ3) is 1.73. The molecule has 4 nitrogen and oxygen atoms in total. The number of para-hydroxylation sites is 2. The van der Waals surface area contributed by atoms with E-state index in [1.54, 1.807) is 18.2 Å². The summed E-state index contributed by atoms with van der Waals surface area (Å²) in [6, 6.07) is 8.92. The van der Waals surface area contributed by atoms with Gasteiger partial charge in [-0.2, -0.15) is 5.26 Å². The molecule has 0 unspecified atom stereocenters. The van der Waals surface area contributed by atoms with Gasteiger partial charge in [-0.25, -0.2) is 4.98 Å². The number of hydrogen-bond donors (Lipinski definition) is 1. The number of hydrogen-bond acceptors (Lipinski definition) is 4. The number of benzene rings is 1. The normalized spacial score (nSPS) is 12.2. The summed E-state index contributed by atoms with van der Waals surface area (Å²) in [4.78, 5) is 4.09. The average molecular weight is 235 g/mol. The zero-order chi connectivity index (χ0) is 11.5. The van der Waals surface area contributed by atoms with Crippen molar-refractivity contribution in [3.63, 3.8) is 0 Å². The van der Waals surface area contributed by atoms with Crippen molar-refractivity contribution in [1.82, 2.24) is 4.98 Å². The van der Waals surface area contributed by atoms with Crippen LogP contribution in [0.5, 0.6) is 0 Å². The number of halogens is 1. The minimum atomic E-state index is -0.240. The van der Waals surface area contributed by atoms with Gasteiger partial charge in [0.05, 0.1) is 5.88 Å². The maximum atomic E-state index is 9.42. The number of fused-ring (bicyclic) bond motifs is 1. The first-order valence-electron chi connectivity index (χ1n) is 4.50. The molecule has 2 aromatic rings. The lowest BCUT2D eigenvalue weighted by Crippen LogP contribution is -1.90. The first-order chi connectivity index (χ1) is 7.76. The van der Waals surface area contributed by atoms with Gasteiger partial charge in [-0.3, -0.25) is 0 Å². The smallest absolute Gasteiger partial charge is 0.241 e. The van der Waals surface area contributed by atoms with Crippen LogP contribution in [0.3, 0.4) is 0 Å². The molecule has 0 fully saturated rings. The van der Waals surface area contributed by atoms with E-state index in [4.69, 9.17) is 21.3 Å². The molecule has 16 heavy (non-hydrogen) atoms. The van der Waals surface area contributed by atoms with Crippen LogP contribution in [0.15, 0.2) is 34.4 Å². The van der Waals surface area contributed by atoms with E-state index in [-0.39, 0.29) is 23.1 Å². The molecular weight excluding hydrogens is 228 g/mol. The van der Waals surface area contributed by atoms with Crippen molar-refractivity contribution in [2.24, 2.45) is 0 Å². The number of aliphatic hydroxyl groups is 1. The Labute approximate surface area is 96.4 Å². The quantitative estimate of drug-likeness (QED) is 0.493. The summed E-state index contributed by atoms with van der Waals surface area (Å²) in [5, 5.41) is 18.3. The third-order valence-electron chi connectivity index (χ3n) is 2.03. The van der Waals surface area contributed by atoms with E-state index in [1.165, 1.54) is 0 Å². The maximum Gasteiger partial charge on any atom is 0.241 e. The molecule has 0 radical (unpaired) electrons. The Kier molecular flexibility index (Phi) is 2.80. The molecule has 2 rings (SSSR count). The Morgan fingerprint density at radius 3 is 2.88 bits per heavy atom. The Balaban J connectivity index is 2.60. The van der Waals surface area contributed by atoms with Crippen molar-refractivity contribution >= 4 is 28.3 Å². The molecule has 0 amide bonds. The van der Waals surface area contributed by atoms with E-state index in [9.17, 15) is 5.11 Å². The summed E-state index contributed by atoms with van der Waals surface area (Å²) in [5.41, 5.74) is 1.16. The van der Waals surface area contributed by atoms with Crippen LogP contribution in [0.25, 0.3) is 16.7 Å². The Bertz CT molecular complexity index is 562. The van der Waals surface area contributed by atoms with Crippen LogP contribution >= 0.6 is 11.6 Å². The van der Waals surface area contributed by atoms with Crippen LogP contribution in [0.1, 0.15) is 5.89 Å². The molecule has 0 atom stereocenters. The van der Waals surface area contributed by atoms with Gasteiger partial charge in [0, 0.05) is 0 Å². The Hall–Kier alpha value is -1.99. The standard InChI is InChI=1S/C11H7ClN2O2/c12-5-9(15)7(6-13)11-14-8-3-1-2-4-10(8)16-11/h1-4,15H,5H2. The van der Waals surface area contributed by atoms with Crippen molar-refractivity contribution in [1.29, 1.82) is 5.26 Å². The average Bonchev–Trinajstić information content (AvgIpc) is 2.72. The fourth-order valence-electron chi connectivity index (χ4n) is 1.28. The summed E-state index contributed by atoms with van der Waals surface area (Å²) in [6.45, 7) is 0. The molecule has 5 heteroatoms. The van der Waals surface area contributed by atoms with Crippen LogP contribution in [-0.2, 0) is 0 Å². The number of aromatic nitrogens is 1. The Morgan fingerprint density at radius 2 is 2.25 bits per heavy atom. The molecule has 1 aromatic heterocycles. The van der Waals surface area contributed by atoms with Gasteiger partial charge in [-0.15, -0.1) is 11.6 Å². The van der Waals surface area contributed by atoms with E-state index < -0.39 is 0 Å². The highest BCUT2D eigenvalue weighted by Crippen LogP contribution is 2.22. The van der Waals surface area contributed by atoms with Crippen LogP contribution in [-0.4, -0.2) is 16.0 Å². The van der Waals surface area contributed by atoms with Gasteiger partial charge < -0.3 is 9.52 Å². The van der Waals surface area contributed by atoms with Crippen LogP contribution < -0.4 is 0 Å². The highest BCUT2D eigenvalue weighted by atomic mass is 35.5. The molecule has 80 valence electrons. The predicted molar refractivity (Wildman–Crippen MR) is 59.9 cm³/mol. The van der Waals surface area contributed by atoms with Gasteiger partial charge >= 0.3 is 0 Å². The zero-order valence-corrected chi connectivity index (χ0v) is 8.90. The van der Waals surface area contributed by atoms with Crippen molar-refractivity contribution < 1.29 is 9.52 Å². The highest BCUT2D eigenvalue weighted by Gasteiger charge is 2.14. The van der Waals surface area contributed by atoms with Crippen LogP contribution in [0.2, 0.25) is 0 Å². The number of nitrogens with zero attached hydrogens (tertiary/aromatic N) is 2. The molecule has 0 aliphatic rings. The number of rotatable bonds is 2. The van der Waals surface area contributed by atoms with Gasteiger partial charge in [0.2, 0.25) is 5.89 Å². The molecule has 1 heterocycles. The van der Waals surface area contributed by atoms with E-state index >= 15 is 0 Å². The van der Waals surface area contributed by atoms with Gasteiger partial charge in [0.25, 0.3) is 0 Å². The maximum absolute atomic E-state index is 9.42. The number of oxazole rings is 1. The molecule has 0 aliphatic heterocycles. The number of allylic oxidation sites excluding steroid dienone is 2. The molecule has 0 bridgehead atoms. The fraction of sp³-hybridized carbons (Fsp3) is 0.0909. The van der Waals surface area contributed by atoms with E-state index in [0.29, 0.717) is 11.1 Å². The SMILES string of the molecule is N#CC(=C(O)CCl)c1nc2ccccc2o1. The van der Waals surface area contributed by atoms with Gasteiger partial charge in [-0.05, 0) is 12.1 Å². The van der Waals surface area contributed by atoms with Crippen molar-refractivity contribution in [3.05, 3.63) is 35.9 Å². The molecule has 0 saturated carbocycles. The summed E-state index contributed by atoms with van der Waals surface area (Å²) in [6.07, 6.45) is 0. The lowest BCUT2D eigenvalue weighted by atomic mass is 10.2. The van der Waals surface area contributed by atoms with Gasteiger partial charge in [0.15, 0.2) is 11.2 Å². The largest absolute Gasteiger partial charge is 0.509 e.